The summed E-state index contributed by atoms with van der Waals surface area (Å²) in [5.41, 5.74) is 0. The van der Waals surface area contributed by atoms with Gasteiger partial charge in [-0.3, -0.25) is 5.32 Å². The normalized spacial score (nSPS) is 16.5. The molecule has 0 rings (SSSR count). The van der Waals surface area contributed by atoms with Crippen LogP contribution in [0.25, 0.3) is 0 Å². The van der Waals surface area contributed by atoms with Crippen molar-refractivity contribution in [2.24, 2.45) is 0 Å². The lowest BCUT2D eigenvalue weighted by Crippen LogP contribution is -2.38. The minimum Gasteiger partial charge on any atom is -0.299 e. The Bertz CT molecular complexity index is 266. The molecule has 0 heterocycles. The van der Waals surface area contributed by atoms with Gasteiger partial charge >= 0.3 is 0 Å². The van der Waals surface area contributed by atoms with E-state index in [0.717, 1.165) is 0 Å². The van der Waals surface area contributed by atoms with Crippen molar-refractivity contribution in [2.45, 2.75) is 25.9 Å². The van der Waals surface area contributed by atoms with Crippen LogP contribution in [0, 0.1) is 11.3 Å². The molecule has 0 aliphatic carbocycles. The fraction of sp³-hybridized carbons (Fsp3) is 0.857. The van der Waals surface area contributed by atoms with Gasteiger partial charge in [-0.25, -0.2) is 8.42 Å². The van der Waals surface area contributed by atoms with Gasteiger partial charge in [0.15, 0.2) is 0 Å². The van der Waals surface area contributed by atoms with Crippen LogP contribution in [-0.2, 0) is 9.84 Å². The Balaban J connectivity index is 3.93. The maximum atomic E-state index is 10.8. The first-order valence-corrected chi connectivity index (χ1v) is 5.74. The van der Waals surface area contributed by atoms with E-state index in [0.29, 0.717) is 0 Å². The molecule has 4 nitrogen and oxygen atoms in total. The molecule has 0 radical (unpaired) electrons. The molecule has 2 unspecified atom stereocenters. The Hall–Kier alpha value is -0.600. The van der Waals surface area contributed by atoms with E-state index in [1.54, 1.807) is 13.8 Å². The minimum absolute atomic E-state index is 0.0685. The van der Waals surface area contributed by atoms with E-state index in [-0.39, 0.29) is 17.8 Å². The summed E-state index contributed by atoms with van der Waals surface area (Å²) in [6, 6.07) is 1.50. The molecule has 0 aromatic carbocycles. The van der Waals surface area contributed by atoms with Gasteiger partial charge in [0, 0.05) is 12.3 Å². The number of nitrogens with one attached hydrogen (secondary N) is 1. The van der Waals surface area contributed by atoms with Crippen molar-refractivity contribution in [1.82, 2.24) is 5.32 Å². The smallest absolute Gasteiger partial charge is 0.148 e. The first-order valence-electron chi connectivity index (χ1n) is 3.68. The Kier molecular flexibility index (Phi) is 4.21. The Morgan fingerprint density at radius 2 is 2.00 bits per heavy atom. The number of rotatable bonds is 4. The standard InChI is InChI=1S/C7H14N2O2S/c1-6(4-8)9-7(2)5-12(3,10)11/h6-7,9H,5H2,1-3H3. The molecule has 0 aliphatic heterocycles. The highest BCUT2D eigenvalue weighted by Gasteiger charge is 2.11. The van der Waals surface area contributed by atoms with Crippen LogP contribution in [0.5, 0.6) is 0 Å². The monoisotopic (exact) mass is 190 g/mol. The second-order valence-electron chi connectivity index (χ2n) is 3.01. The van der Waals surface area contributed by atoms with E-state index in [2.05, 4.69) is 5.32 Å². The molecule has 0 saturated heterocycles. The number of nitriles is 1. The summed E-state index contributed by atoms with van der Waals surface area (Å²) in [5.74, 6) is 0.0685. The van der Waals surface area contributed by atoms with Crippen LogP contribution < -0.4 is 5.32 Å². The van der Waals surface area contributed by atoms with Crippen molar-refractivity contribution in [1.29, 1.82) is 5.26 Å². The Labute approximate surface area is 73.5 Å². The zero-order valence-electron chi connectivity index (χ0n) is 7.53. The zero-order valence-corrected chi connectivity index (χ0v) is 8.35. The Morgan fingerprint density at radius 3 is 2.33 bits per heavy atom. The van der Waals surface area contributed by atoms with E-state index in [4.69, 9.17) is 5.26 Å². The molecule has 0 aliphatic rings. The maximum absolute atomic E-state index is 10.8. The summed E-state index contributed by atoms with van der Waals surface area (Å²) in [6.45, 7) is 3.44. The predicted octanol–water partition coefficient (Wildman–Crippen LogP) is -0.0788. The van der Waals surface area contributed by atoms with Gasteiger partial charge in [-0.2, -0.15) is 5.26 Å². The molecule has 0 aromatic heterocycles. The lowest BCUT2D eigenvalue weighted by Gasteiger charge is -2.13. The molecule has 1 N–H and O–H groups in total. The highest BCUT2D eigenvalue weighted by Crippen LogP contribution is 1.91. The van der Waals surface area contributed by atoms with Crippen molar-refractivity contribution >= 4 is 9.84 Å². The van der Waals surface area contributed by atoms with Gasteiger partial charge in [0.1, 0.15) is 9.84 Å². The summed E-state index contributed by atoms with van der Waals surface area (Å²) in [7, 11) is -2.95. The van der Waals surface area contributed by atoms with E-state index in [9.17, 15) is 8.42 Å². The second kappa shape index (κ2) is 4.43. The first-order chi connectivity index (χ1) is 5.35. The van der Waals surface area contributed by atoms with Crippen molar-refractivity contribution in [3.8, 4) is 6.07 Å². The minimum atomic E-state index is -2.95. The summed E-state index contributed by atoms with van der Waals surface area (Å²) in [4.78, 5) is 0. The van der Waals surface area contributed by atoms with E-state index >= 15 is 0 Å². The third-order valence-corrected chi connectivity index (χ3v) is 2.39. The lowest BCUT2D eigenvalue weighted by molar-refractivity contribution is 0.540. The highest BCUT2D eigenvalue weighted by molar-refractivity contribution is 7.90. The third-order valence-electron chi connectivity index (χ3n) is 1.28. The third kappa shape index (κ3) is 6.13. The van der Waals surface area contributed by atoms with Crippen LogP contribution in [0.4, 0.5) is 0 Å². The topological polar surface area (TPSA) is 70.0 Å². The van der Waals surface area contributed by atoms with Gasteiger partial charge in [-0.15, -0.1) is 0 Å². The van der Waals surface area contributed by atoms with Crippen LogP contribution in [0.15, 0.2) is 0 Å². The lowest BCUT2D eigenvalue weighted by atomic mass is 10.3. The van der Waals surface area contributed by atoms with Gasteiger partial charge in [0.05, 0.1) is 17.9 Å². The van der Waals surface area contributed by atoms with Crippen molar-refractivity contribution in [3.05, 3.63) is 0 Å². The van der Waals surface area contributed by atoms with E-state index in [1.807, 2.05) is 6.07 Å². The SMILES string of the molecule is CC(C#N)NC(C)CS(C)(=O)=O. The van der Waals surface area contributed by atoms with E-state index in [1.165, 1.54) is 6.26 Å². The molecular weight excluding hydrogens is 176 g/mol. The fourth-order valence-electron chi connectivity index (χ4n) is 0.966. The van der Waals surface area contributed by atoms with Gasteiger partial charge in [-0.05, 0) is 13.8 Å². The van der Waals surface area contributed by atoms with Crippen LogP contribution in [0.3, 0.4) is 0 Å². The molecule has 0 spiro atoms. The van der Waals surface area contributed by atoms with E-state index < -0.39 is 9.84 Å². The van der Waals surface area contributed by atoms with Gasteiger partial charge in [0.25, 0.3) is 0 Å². The molecule has 12 heavy (non-hydrogen) atoms. The summed E-state index contributed by atoms with van der Waals surface area (Å²) in [5, 5.41) is 11.3. The molecule has 0 aromatic rings. The molecule has 70 valence electrons. The van der Waals surface area contributed by atoms with Crippen LogP contribution >= 0.6 is 0 Å². The summed E-state index contributed by atoms with van der Waals surface area (Å²) < 4.78 is 21.6. The average molecular weight is 190 g/mol. The number of sulfone groups is 1. The molecule has 0 bridgehead atoms. The Morgan fingerprint density at radius 1 is 1.50 bits per heavy atom. The van der Waals surface area contributed by atoms with Crippen LogP contribution in [0.1, 0.15) is 13.8 Å². The highest BCUT2D eigenvalue weighted by atomic mass is 32.2. The first kappa shape index (κ1) is 11.4. The van der Waals surface area contributed by atoms with Crippen molar-refractivity contribution in [3.63, 3.8) is 0 Å². The predicted molar refractivity (Wildman–Crippen MR) is 47.4 cm³/mol. The van der Waals surface area contributed by atoms with Crippen LogP contribution in [-0.4, -0.2) is 32.5 Å². The largest absolute Gasteiger partial charge is 0.299 e. The van der Waals surface area contributed by atoms with Crippen LogP contribution in [0.2, 0.25) is 0 Å². The fourth-order valence-corrected chi connectivity index (χ4v) is 1.97. The van der Waals surface area contributed by atoms with Gasteiger partial charge in [0.2, 0.25) is 0 Å². The molecule has 2 atom stereocenters. The van der Waals surface area contributed by atoms with Crippen molar-refractivity contribution in [2.75, 3.05) is 12.0 Å². The molecule has 0 fully saturated rings. The average Bonchev–Trinajstić information content (AvgIpc) is 1.82. The maximum Gasteiger partial charge on any atom is 0.148 e. The quantitative estimate of drug-likeness (QED) is 0.673. The van der Waals surface area contributed by atoms with Gasteiger partial charge in [-0.1, -0.05) is 0 Å². The number of hydrogen-bond donors (Lipinski definition) is 1. The number of hydrogen-bond acceptors (Lipinski definition) is 4. The second-order valence-corrected chi connectivity index (χ2v) is 5.20. The number of nitrogens with zero attached hydrogens (tertiary/aromatic N) is 1. The van der Waals surface area contributed by atoms with Crippen molar-refractivity contribution < 1.29 is 8.42 Å². The van der Waals surface area contributed by atoms with Gasteiger partial charge < -0.3 is 0 Å². The summed E-state index contributed by atoms with van der Waals surface area (Å²) in [6.07, 6.45) is 1.18. The molecule has 5 heteroatoms. The molecular formula is C7H14N2O2S. The molecule has 0 saturated carbocycles. The summed E-state index contributed by atoms with van der Waals surface area (Å²) >= 11 is 0. The molecule has 0 amide bonds. The zero-order chi connectivity index (χ0) is 9.78.